The summed E-state index contributed by atoms with van der Waals surface area (Å²) >= 11 is 3.47. The normalized spacial score (nSPS) is 13.0. The predicted molar refractivity (Wildman–Crippen MR) is 91.8 cm³/mol. The number of guanidine groups is 1. The van der Waals surface area contributed by atoms with Gasteiger partial charge >= 0.3 is 0 Å². The average Bonchev–Trinajstić information content (AvgIpc) is 2.98. The maximum absolute atomic E-state index is 11.6. The highest BCUT2D eigenvalue weighted by Gasteiger charge is 2.17. The standard InChI is InChI=1S/C15H21BrN4O3/c1-4-17-15(19-8-13(21)20(2)3)18-7-10-5-11(16)14-12(6-10)22-9-23-14/h5-6H,4,7-9H2,1-3H3,(H2,17,18,19). The number of carbonyl (C=O) groups is 1. The van der Waals surface area contributed by atoms with Gasteiger partial charge in [0.1, 0.15) is 0 Å². The second-order valence-electron chi connectivity index (χ2n) is 5.15. The second kappa shape index (κ2) is 8.05. The summed E-state index contributed by atoms with van der Waals surface area (Å²) in [6, 6.07) is 3.86. The van der Waals surface area contributed by atoms with Crippen molar-refractivity contribution in [3.63, 3.8) is 0 Å². The number of carbonyl (C=O) groups excluding carboxylic acids is 1. The number of ether oxygens (including phenoxy) is 2. The highest BCUT2D eigenvalue weighted by atomic mass is 79.9. The number of likely N-dealkylation sites (N-methyl/N-ethyl adjacent to an activating group) is 1. The molecule has 0 atom stereocenters. The summed E-state index contributed by atoms with van der Waals surface area (Å²) in [5.74, 6) is 2.02. The first-order valence-corrected chi connectivity index (χ1v) is 8.11. The summed E-state index contributed by atoms with van der Waals surface area (Å²) in [7, 11) is 3.44. The number of hydrogen-bond acceptors (Lipinski definition) is 4. The van der Waals surface area contributed by atoms with Crippen LogP contribution in [0, 0.1) is 0 Å². The van der Waals surface area contributed by atoms with E-state index in [0.717, 1.165) is 15.8 Å². The molecule has 0 unspecified atom stereocenters. The van der Waals surface area contributed by atoms with Crippen molar-refractivity contribution in [2.75, 3.05) is 34.0 Å². The molecule has 1 heterocycles. The Labute approximate surface area is 144 Å². The number of amides is 1. The summed E-state index contributed by atoms with van der Waals surface area (Å²) in [5.41, 5.74) is 0.984. The van der Waals surface area contributed by atoms with Crippen molar-refractivity contribution in [3.8, 4) is 11.5 Å². The molecule has 0 spiro atoms. The SMILES string of the molecule is CCNC(=NCc1cc(Br)c2c(c1)OCO2)NCC(=O)N(C)C. The van der Waals surface area contributed by atoms with Crippen molar-refractivity contribution < 1.29 is 14.3 Å². The number of aliphatic imine (C=N–C) groups is 1. The molecule has 0 aliphatic carbocycles. The summed E-state index contributed by atoms with van der Waals surface area (Å²) in [5, 5.41) is 6.13. The van der Waals surface area contributed by atoms with E-state index in [9.17, 15) is 4.79 Å². The van der Waals surface area contributed by atoms with Crippen LogP contribution in [0.2, 0.25) is 0 Å². The van der Waals surface area contributed by atoms with E-state index in [4.69, 9.17) is 9.47 Å². The fourth-order valence-electron chi connectivity index (χ4n) is 1.94. The zero-order valence-electron chi connectivity index (χ0n) is 13.5. The van der Waals surface area contributed by atoms with Crippen molar-refractivity contribution in [2.45, 2.75) is 13.5 Å². The van der Waals surface area contributed by atoms with Crippen LogP contribution in [0.4, 0.5) is 0 Å². The number of benzene rings is 1. The molecular formula is C15H21BrN4O3. The molecule has 1 aromatic rings. The van der Waals surface area contributed by atoms with Gasteiger partial charge in [0.2, 0.25) is 12.7 Å². The highest BCUT2D eigenvalue weighted by Crippen LogP contribution is 2.40. The summed E-state index contributed by atoms with van der Waals surface area (Å²) in [6.45, 7) is 3.58. The Hall–Kier alpha value is -1.96. The van der Waals surface area contributed by atoms with Crippen LogP contribution in [-0.2, 0) is 11.3 Å². The molecule has 1 aliphatic heterocycles. The van der Waals surface area contributed by atoms with Crippen molar-refractivity contribution in [1.29, 1.82) is 0 Å². The Morgan fingerprint density at radius 2 is 2.13 bits per heavy atom. The first-order chi connectivity index (χ1) is 11.0. The third kappa shape index (κ3) is 4.75. The van der Waals surface area contributed by atoms with Gasteiger partial charge in [0.05, 0.1) is 17.6 Å². The lowest BCUT2D eigenvalue weighted by molar-refractivity contribution is -0.127. The maximum atomic E-state index is 11.6. The van der Waals surface area contributed by atoms with Crippen molar-refractivity contribution in [1.82, 2.24) is 15.5 Å². The summed E-state index contributed by atoms with van der Waals surface area (Å²) in [6.07, 6.45) is 0. The quantitative estimate of drug-likeness (QED) is 0.591. The van der Waals surface area contributed by atoms with E-state index in [1.807, 2.05) is 19.1 Å². The third-order valence-electron chi connectivity index (χ3n) is 3.16. The van der Waals surface area contributed by atoms with E-state index < -0.39 is 0 Å². The highest BCUT2D eigenvalue weighted by molar-refractivity contribution is 9.10. The number of nitrogens with one attached hydrogen (secondary N) is 2. The summed E-state index contributed by atoms with van der Waals surface area (Å²) < 4.78 is 11.6. The smallest absolute Gasteiger partial charge is 0.241 e. The van der Waals surface area contributed by atoms with E-state index in [-0.39, 0.29) is 19.2 Å². The first-order valence-electron chi connectivity index (χ1n) is 7.31. The molecule has 0 bridgehead atoms. The minimum absolute atomic E-state index is 0.0126. The molecule has 0 radical (unpaired) electrons. The van der Waals surface area contributed by atoms with Crippen molar-refractivity contribution >= 4 is 27.8 Å². The molecule has 1 amide bonds. The fraction of sp³-hybridized carbons (Fsp3) is 0.467. The minimum atomic E-state index is -0.0126. The maximum Gasteiger partial charge on any atom is 0.241 e. The Bertz CT molecular complexity index is 605. The van der Waals surface area contributed by atoms with Crippen LogP contribution < -0.4 is 20.1 Å². The van der Waals surface area contributed by atoms with Crippen LogP contribution in [-0.4, -0.2) is 50.7 Å². The van der Waals surface area contributed by atoms with E-state index in [1.165, 1.54) is 4.90 Å². The molecule has 0 fully saturated rings. The van der Waals surface area contributed by atoms with Gasteiger partial charge in [-0.05, 0) is 40.5 Å². The second-order valence-corrected chi connectivity index (χ2v) is 6.00. The Morgan fingerprint density at radius 3 is 2.83 bits per heavy atom. The van der Waals surface area contributed by atoms with Gasteiger partial charge in [-0.2, -0.15) is 0 Å². The molecule has 0 saturated heterocycles. The Morgan fingerprint density at radius 1 is 1.35 bits per heavy atom. The molecule has 1 aromatic carbocycles. The van der Waals surface area contributed by atoms with E-state index in [0.29, 0.717) is 24.8 Å². The molecule has 7 nitrogen and oxygen atoms in total. The molecular weight excluding hydrogens is 364 g/mol. The Balaban J connectivity index is 2.02. The number of fused-ring (bicyclic) bond motifs is 1. The van der Waals surface area contributed by atoms with Gasteiger partial charge in [0.25, 0.3) is 0 Å². The predicted octanol–water partition coefficient (Wildman–Crippen LogP) is 1.32. The van der Waals surface area contributed by atoms with Gasteiger partial charge < -0.3 is 25.0 Å². The van der Waals surface area contributed by atoms with Crippen LogP contribution in [0.25, 0.3) is 0 Å². The third-order valence-corrected chi connectivity index (χ3v) is 3.75. The largest absolute Gasteiger partial charge is 0.454 e. The lowest BCUT2D eigenvalue weighted by atomic mass is 10.2. The molecule has 23 heavy (non-hydrogen) atoms. The van der Waals surface area contributed by atoms with Crippen LogP contribution in [0.3, 0.4) is 0 Å². The van der Waals surface area contributed by atoms with Crippen molar-refractivity contribution in [3.05, 3.63) is 22.2 Å². The molecule has 1 aliphatic rings. The number of halogens is 1. The average molecular weight is 385 g/mol. The summed E-state index contributed by atoms with van der Waals surface area (Å²) in [4.78, 5) is 17.7. The van der Waals surface area contributed by atoms with E-state index in [1.54, 1.807) is 14.1 Å². The van der Waals surface area contributed by atoms with Gasteiger partial charge in [-0.1, -0.05) is 0 Å². The number of nitrogens with zero attached hydrogens (tertiary/aromatic N) is 2. The van der Waals surface area contributed by atoms with Gasteiger partial charge in [-0.15, -0.1) is 0 Å². The van der Waals surface area contributed by atoms with Crippen LogP contribution in [0.15, 0.2) is 21.6 Å². The van der Waals surface area contributed by atoms with Gasteiger partial charge in [-0.3, -0.25) is 4.79 Å². The van der Waals surface area contributed by atoms with Gasteiger partial charge in [0.15, 0.2) is 17.5 Å². The molecule has 126 valence electrons. The number of rotatable bonds is 5. The van der Waals surface area contributed by atoms with Crippen molar-refractivity contribution in [2.24, 2.45) is 4.99 Å². The zero-order valence-corrected chi connectivity index (χ0v) is 15.1. The minimum Gasteiger partial charge on any atom is -0.454 e. The Kier molecular flexibility index (Phi) is 6.09. The molecule has 2 rings (SSSR count). The van der Waals surface area contributed by atoms with Crippen LogP contribution in [0.1, 0.15) is 12.5 Å². The monoisotopic (exact) mass is 384 g/mol. The topological polar surface area (TPSA) is 75.2 Å². The molecule has 0 saturated carbocycles. The van der Waals surface area contributed by atoms with Crippen LogP contribution >= 0.6 is 15.9 Å². The number of hydrogen-bond donors (Lipinski definition) is 2. The lowest BCUT2D eigenvalue weighted by Crippen LogP contribution is -2.42. The first kappa shape index (κ1) is 17.4. The molecule has 0 aromatic heterocycles. The van der Waals surface area contributed by atoms with E-state index in [2.05, 4.69) is 31.6 Å². The fourth-order valence-corrected chi connectivity index (χ4v) is 2.55. The molecule has 2 N–H and O–H groups in total. The molecule has 8 heteroatoms. The van der Waals surface area contributed by atoms with E-state index >= 15 is 0 Å². The zero-order chi connectivity index (χ0) is 16.8. The van der Waals surface area contributed by atoms with Crippen LogP contribution in [0.5, 0.6) is 11.5 Å². The lowest BCUT2D eigenvalue weighted by Gasteiger charge is -2.14. The van der Waals surface area contributed by atoms with Gasteiger partial charge in [0, 0.05) is 20.6 Å². The van der Waals surface area contributed by atoms with Gasteiger partial charge in [-0.25, -0.2) is 4.99 Å².